The lowest BCUT2D eigenvalue weighted by atomic mass is 10.0. The molecular formula is C85H168NO8+. The summed E-state index contributed by atoms with van der Waals surface area (Å²) in [6, 6.07) is 0. The number of carboxylic acid groups (broad SMARTS) is 1. The molecule has 0 bridgehead atoms. The molecule has 0 amide bonds. The predicted octanol–water partition coefficient (Wildman–Crippen LogP) is 27.3. The van der Waals surface area contributed by atoms with Crippen LogP contribution in [0.25, 0.3) is 0 Å². The number of aliphatic carboxylic acids is 1. The van der Waals surface area contributed by atoms with Crippen molar-refractivity contribution < 1.29 is 42.9 Å². The van der Waals surface area contributed by atoms with Gasteiger partial charge in [0.05, 0.1) is 34.4 Å². The zero-order chi connectivity index (χ0) is 68.2. The highest BCUT2D eigenvalue weighted by Crippen LogP contribution is 2.21. The molecule has 0 heterocycles. The monoisotopic (exact) mass is 1330 g/mol. The van der Waals surface area contributed by atoms with E-state index in [4.69, 9.17) is 18.9 Å². The highest BCUT2D eigenvalue weighted by molar-refractivity contribution is 5.71. The van der Waals surface area contributed by atoms with Crippen molar-refractivity contribution in [3.8, 4) is 0 Å². The van der Waals surface area contributed by atoms with Crippen LogP contribution < -0.4 is 0 Å². The van der Waals surface area contributed by atoms with Gasteiger partial charge in [0.15, 0.2) is 6.10 Å². The van der Waals surface area contributed by atoms with Gasteiger partial charge < -0.3 is 28.5 Å². The Bertz CT molecular complexity index is 1500. The third-order valence-electron chi connectivity index (χ3n) is 20.1. The Labute approximate surface area is 587 Å². The standard InChI is InChI=1S/C85H167NO8/c1-6-8-10-12-14-16-18-20-22-24-26-28-30-32-34-36-38-39-40-41-42-43-44-45-46-48-50-52-54-56-58-60-62-64-66-68-70-72-74-76-83(88)94-81(80-93-85(84(89)90)91-78-77-86(3,4)5)79-92-82(87)75-73-71-69-67-65-63-61-59-57-55-53-51-49-47-37-35-33-31-29-27-25-23-21-19-17-15-13-11-9-7-2/h81,85H,6-80H2,1-5H3/p+1. The van der Waals surface area contributed by atoms with Crippen molar-refractivity contribution in [2.24, 2.45) is 0 Å². The Balaban J connectivity index is 3.90. The number of carbonyl (C=O) groups is 3. The van der Waals surface area contributed by atoms with Crippen molar-refractivity contribution in [2.75, 3.05) is 47.5 Å². The summed E-state index contributed by atoms with van der Waals surface area (Å²) in [7, 11) is 6.01. The van der Waals surface area contributed by atoms with Gasteiger partial charge in [-0.15, -0.1) is 0 Å². The maximum absolute atomic E-state index is 13.0. The van der Waals surface area contributed by atoms with Crippen LogP contribution in [0.1, 0.15) is 470 Å². The molecule has 0 saturated carbocycles. The predicted molar refractivity (Wildman–Crippen MR) is 406 cm³/mol. The van der Waals surface area contributed by atoms with Crippen LogP contribution in [0.15, 0.2) is 0 Å². The molecule has 560 valence electrons. The number of likely N-dealkylation sites (N-methyl/N-ethyl adjacent to an activating group) is 1. The van der Waals surface area contributed by atoms with E-state index in [1.54, 1.807) is 0 Å². The van der Waals surface area contributed by atoms with Crippen LogP contribution >= 0.6 is 0 Å². The second-order valence-electron chi connectivity index (χ2n) is 30.9. The number of ether oxygens (including phenoxy) is 4. The summed E-state index contributed by atoms with van der Waals surface area (Å²) in [6.45, 7) is 4.99. The van der Waals surface area contributed by atoms with Crippen molar-refractivity contribution in [1.82, 2.24) is 0 Å². The molecular weight excluding hydrogens is 1160 g/mol. The van der Waals surface area contributed by atoms with Gasteiger partial charge >= 0.3 is 17.9 Å². The number of carbonyl (C=O) groups excluding carboxylic acids is 2. The molecule has 9 heteroatoms. The van der Waals surface area contributed by atoms with Crippen LogP contribution in [0.3, 0.4) is 0 Å². The number of esters is 2. The van der Waals surface area contributed by atoms with Gasteiger partial charge in [-0.25, -0.2) is 4.79 Å². The van der Waals surface area contributed by atoms with E-state index in [-0.39, 0.29) is 38.2 Å². The van der Waals surface area contributed by atoms with Gasteiger partial charge in [-0.2, -0.15) is 0 Å². The van der Waals surface area contributed by atoms with E-state index in [1.165, 1.54) is 405 Å². The van der Waals surface area contributed by atoms with Crippen molar-refractivity contribution >= 4 is 17.9 Å². The molecule has 0 aromatic carbocycles. The molecule has 0 aromatic rings. The van der Waals surface area contributed by atoms with Gasteiger partial charge in [-0.05, 0) is 12.8 Å². The number of carboxylic acids is 1. The van der Waals surface area contributed by atoms with Gasteiger partial charge in [-0.1, -0.05) is 444 Å². The molecule has 0 rings (SSSR count). The van der Waals surface area contributed by atoms with Gasteiger partial charge in [0.1, 0.15) is 13.2 Å². The minimum absolute atomic E-state index is 0.171. The van der Waals surface area contributed by atoms with E-state index in [2.05, 4.69) is 13.8 Å². The number of hydrogen-bond acceptors (Lipinski definition) is 7. The van der Waals surface area contributed by atoms with E-state index in [1.807, 2.05) is 21.1 Å². The fraction of sp³-hybridized carbons (Fsp3) is 0.965. The molecule has 9 nitrogen and oxygen atoms in total. The molecule has 2 atom stereocenters. The molecule has 0 aliphatic rings. The summed E-state index contributed by atoms with van der Waals surface area (Å²) in [5, 5.41) is 9.78. The van der Waals surface area contributed by atoms with Crippen LogP contribution in [-0.4, -0.2) is 87.4 Å². The van der Waals surface area contributed by atoms with E-state index >= 15 is 0 Å². The first-order chi connectivity index (χ1) is 46.1. The summed E-state index contributed by atoms with van der Waals surface area (Å²) >= 11 is 0. The lowest BCUT2D eigenvalue weighted by Crippen LogP contribution is -2.40. The Morgan fingerprint density at radius 1 is 0.277 bits per heavy atom. The molecule has 2 unspecified atom stereocenters. The first-order valence-electron chi connectivity index (χ1n) is 42.7. The molecule has 0 aromatic heterocycles. The lowest BCUT2D eigenvalue weighted by Gasteiger charge is -2.25. The van der Waals surface area contributed by atoms with Crippen LogP contribution in [0.4, 0.5) is 0 Å². The molecule has 94 heavy (non-hydrogen) atoms. The number of unbranched alkanes of at least 4 members (excludes halogenated alkanes) is 67. The topological polar surface area (TPSA) is 108 Å². The van der Waals surface area contributed by atoms with E-state index in [9.17, 15) is 19.5 Å². The number of hydrogen-bond donors (Lipinski definition) is 1. The van der Waals surface area contributed by atoms with Gasteiger partial charge in [0.2, 0.25) is 0 Å². The summed E-state index contributed by atoms with van der Waals surface area (Å²) in [6.07, 6.45) is 93.0. The molecule has 0 radical (unpaired) electrons. The van der Waals surface area contributed by atoms with Crippen LogP contribution in [0, 0.1) is 0 Å². The quantitative estimate of drug-likeness (QED) is 0.0278. The van der Waals surface area contributed by atoms with Crippen molar-refractivity contribution in [3.63, 3.8) is 0 Å². The molecule has 0 fully saturated rings. The van der Waals surface area contributed by atoms with E-state index < -0.39 is 18.4 Å². The van der Waals surface area contributed by atoms with Crippen molar-refractivity contribution in [1.29, 1.82) is 0 Å². The van der Waals surface area contributed by atoms with E-state index in [0.29, 0.717) is 17.4 Å². The highest BCUT2D eigenvalue weighted by Gasteiger charge is 2.25. The average molecular weight is 1330 g/mol. The number of nitrogens with zero attached hydrogens (tertiary/aromatic N) is 1. The maximum Gasteiger partial charge on any atom is 0.361 e. The third kappa shape index (κ3) is 77.6. The fourth-order valence-electron chi connectivity index (χ4n) is 13.6. The maximum atomic E-state index is 13.0. The zero-order valence-corrected chi connectivity index (χ0v) is 64.4. The van der Waals surface area contributed by atoms with Gasteiger partial charge in [0, 0.05) is 12.8 Å². The van der Waals surface area contributed by atoms with Crippen molar-refractivity contribution in [3.05, 3.63) is 0 Å². The zero-order valence-electron chi connectivity index (χ0n) is 64.4. The Morgan fingerprint density at radius 2 is 0.479 bits per heavy atom. The first-order valence-corrected chi connectivity index (χ1v) is 42.7. The summed E-state index contributed by atoms with van der Waals surface area (Å²) in [4.78, 5) is 37.8. The second-order valence-corrected chi connectivity index (χ2v) is 30.9. The smallest absolute Gasteiger partial charge is 0.361 e. The lowest BCUT2D eigenvalue weighted by molar-refractivity contribution is -0.870. The van der Waals surface area contributed by atoms with Gasteiger partial charge in [0.25, 0.3) is 6.29 Å². The largest absolute Gasteiger partial charge is 0.477 e. The Morgan fingerprint density at radius 3 is 0.681 bits per heavy atom. The summed E-state index contributed by atoms with van der Waals surface area (Å²) in [5.74, 6) is -1.96. The molecule has 0 saturated heterocycles. The number of quaternary nitrogens is 1. The first kappa shape index (κ1) is 92.3. The highest BCUT2D eigenvalue weighted by atomic mass is 16.7. The second kappa shape index (κ2) is 77.0. The van der Waals surface area contributed by atoms with Crippen LogP contribution in [-0.2, 0) is 33.3 Å². The normalized spacial score (nSPS) is 12.5. The SMILES string of the molecule is CCCCCCCCCCCCCCCCCCCCCCCCCCCCCCCCCCCCCCCCCC(=O)OC(COC(=O)CCCCCCCCCCCCCCCCCCCCCCCCCCCCCCCC)COC(OCC[N+](C)(C)C)C(=O)O. The summed E-state index contributed by atoms with van der Waals surface area (Å²) in [5.41, 5.74) is 0. The van der Waals surface area contributed by atoms with Gasteiger partial charge in [-0.3, -0.25) is 9.59 Å². The fourth-order valence-corrected chi connectivity index (χ4v) is 13.6. The Kier molecular flexibility index (Phi) is 75.6. The average Bonchev–Trinajstić information content (AvgIpc) is 3.76. The van der Waals surface area contributed by atoms with Crippen LogP contribution in [0.2, 0.25) is 0 Å². The Hall–Kier alpha value is -1.71. The molecule has 0 spiro atoms. The number of rotatable bonds is 82. The minimum Gasteiger partial charge on any atom is -0.477 e. The third-order valence-corrected chi connectivity index (χ3v) is 20.1. The van der Waals surface area contributed by atoms with Crippen molar-refractivity contribution in [2.45, 2.75) is 482 Å². The van der Waals surface area contributed by atoms with E-state index in [0.717, 1.165) is 38.5 Å². The van der Waals surface area contributed by atoms with Crippen LogP contribution in [0.5, 0.6) is 0 Å². The summed E-state index contributed by atoms with van der Waals surface area (Å²) < 4.78 is 23.1. The molecule has 0 aliphatic heterocycles. The minimum atomic E-state index is -1.51. The molecule has 1 N–H and O–H groups in total. The molecule has 0 aliphatic carbocycles.